The van der Waals surface area contributed by atoms with Crippen LogP contribution in [-0.2, 0) is 4.79 Å². The maximum atomic E-state index is 11.8. The number of amides is 2. The van der Waals surface area contributed by atoms with Gasteiger partial charge in [0.1, 0.15) is 5.54 Å². The van der Waals surface area contributed by atoms with Crippen LogP contribution in [0.4, 0.5) is 4.79 Å². The molecule has 1 saturated heterocycles. The molecule has 0 bridgehead atoms. The second kappa shape index (κ2) is 6.92. The van der Waals surface area contributed by atoms with E-state index >= 15 is 0 Å². The topological polar surface area (TPSA) is 81.7 Å². The molecule has 3 N–H and O–H groups in total. The number of urea groups is 1. The van der Waals surface area contributed by atoms with E-state index in [1.165, 1.54) is 12.8 Å². The van der Waals surface area contributed by atoms with Gasteiger partial charge in [-0.2, -0.15) is 0 Å². The number of hydrogen-bond donors (Lipinski definition) is 3. The summed E-state index contributed by atoms with van der Waals surface area (Å²) in [6.07, 6.45) is 6.24. The zero-order valence-electron chi connectivity index (χ0n) is 12.0. The van der Waals surface area contributed by atoms with E-state index in [0.29, 0.717) is 19.4 Å². The van der Waals surface area contributed by atoms with Crippen molar-refractivity contribution in [2.75, 3.05) is 26.2 Å². The first kappa shape index (κ1) is 15.1. The number of aliphatic carboxylic acids is 1. The fourth-order valence-corrected chi connectivity index (χ4v) is 3.14. The Bertz CT molecular complexity index is 348. The maximum Gasteiger partial charge on any atom is 0.329 e. The fraction of sp³-hybridized carbons (Fsp3) is 0.857. The molecule has 1 aliphatic carbocycles. The molecule has 1 saturated carbocycles. The van der Waals surface area contributed by atoms with E-state index in [0.717, 1.165) is 38.9 Å². The number of carboxylic acids is 1. The first-order valence-electron chi connectivity index (χ1n) is 7.64. The van der Waals surface area contributed by atoms with Crippen molar-refractivity contribution in [2.45, 2.75) is 50.5 Å². The minimum Gasteiger partial charge on any atom is -0.480 e. The molecule has 2 rings (SSSR count). The molecule has 2 aliphatic rings. The average Bonchev–Trinajstić information content (AvgIpc) is 3.06. The summed E-state index contributed by atoms with van der Waals surface area (Å²) in [5, 5.41) is 14.7. The monoisotopic (exact) mass is 283 g/mol. The summed E-state index contributed by atoms with van der Waals surface area (Å²) in [5.74, 6) is -0.915. The summed E-state index contributed by atoms with van der Waals surface area (Å²) in [5.41, 5.74) is -1.04. The summed E-state index contributed by atoms with van der Waals surface area (Å²) >= 11 is 0. The molecule has 20 heavy (non-hydrogen) atoms. The summed E-state index contributed by atoms with van der Waals surface area (Å²) in [7, 11) is 0. The summed E-state index contributed by atoms with van der Waals surface area (Å²) < 4.78 is 0. The number of likely N-dealkylation sites (tertiary alicyclic amines) is 1. The van der Waals surface area contributed by atoms with Crippen molar-refractivity contribution in [3.8, 4) is 0 Å². The van der Waals surface area contributed by atoms with Crippen molar-refractivity contribution in [1.82, 2.24) is 15.5 Å². The SMILES string of the molecule is O=C(NCCCN1CCCC1)NC1(C(=O)O)CCCC1. The molecule has 0 aromatic heterocycles. The van der Waals surface area contributed by atoms with E-state index in [4.69, 9.17) is 0 Å². The van der Waals surface area contributed by atoms with Crippen molar-refractivity contribution in [3.05, 3.63) is 0 Å². The van der Waals surface area contributed by atoms with Gasteiger partial charge in [0.05, 0.1) is 0 Å². The molecule has 0 aromatic rings. The molecule has 0 atom stereocenters. The van der Waals surface area contributed by atoms with E-state index in [2.05, 4.69) is 15.5 Å². The van der Waals surface area contributed by atoms with Crippen LogP contribution in [0.15, 0.2) is 0 Å². The molecule has 0 aromatic carbocycles. The first-order chi connectivity index (χ1) is 9.62. The molecule has 2 amide bonds. The Hall–Kier alpha value is -1.30. The number of carbonyl (C=O) groups is 2. The predicted octanol–water partition coefficient (Wildman–Crippen LogP) is 1.17. The van der Waals surface area contributed by atoms with Crippen LogP contribution < -0.4 is 10.6 Å². The Balaban J connectivity index is 1.65. The average molecular weight is 283 g/mol. The van der Waals surface area contributed by atoms with Crippen molar-refractivity contribution in [2.24, 2.45) is 0 Å². The van der Waals surface area contributed by atoms with Crippen molar-refractivity contribution in [1.29, 1.82) is 0 Å². The van der Waals surface area contributed by atoms with E-state index in [1.54, 1.807) is 0 Å². The van der Waals surface area contributed by atoms with Crippen LogP contribution >= 0.6 is 0 Å². The maximum absolute atomic E-state index is 11.8. The Morgan fingerprint density at radius 1 is 1.10 bits per heavy atom. The highest BCUT2D eigenvalue weighted by Gasteiger charge is 2.42. The molecule has 0 spiro atoms. The van der Waals surface area contributed by atoms with E-state index < -0.39 is 11.5 Å². The van der Waals surface area contributed by atoms with Gasteiger partial charge in [-0.05, 0) is 51.7 Å². The molecular weight excluding hydrogens is 258 g/mol. The van der Waals surface area contributed by atoms with E-state index in [1.807, 2.05) is 0 Å². The van der Waals surface area contributed by atoms with Crippen molar-refractivity contribution >= 4 is 12.0 Å². The third kappa shape index (κ3) is 3.85. The molecule has 114 valence electrons. The third-order valence-electron chi connectivity index (χ3n) is 4.35. The Labute approximate surface area is 119 Å². The Morgan fingerprint density at radius 2 is 1.75 bits per heavy atom. The lowest BCUT2D eigenvalue weighted by atomic mass is 9.98. The number of hydrogen-bond acceptors (Lipinski definition) is 3. The normalized spacial score (nSPS) is 21.8. The van der Waals surface area contributed by atoms with Gasteiger partial charge < -0.3 is 20.6 Å². The van der Waals surface area contributed by atoms with Crippen LogP contribution in [-0.4, -0.2) is 53.7 Å². The van der Waals surface area contributed by atoms with Gasteiger partial charge >= 0.3 is 12.0 Å². The number of carbonyl (C=O) groups excluding carboxylic acids is 1. The van der Waals surface area contributed by atoms with Gasteiger partial charge in [0.15, 0.2) is 0 Å². The highest BCUT2D eigenvalue weighted by Crippen LogP contribution is 2.29. The zero-order chi connectivity index (χ0) is 14.4. The molecular formula is C14H25N3O3. The molecule has 2 fully saturated rings. The minimum absolute atomic E-state index is 0.351. The summed E-state index contributed by atoms with van der Waals surface area (Å²) in [4.78, 5) is 25.5. The van der Waals surface area contributed by atoms with Gasteiger partial charge in [0.25, 0.3) is 0 Å². The quantitative estimate of drug-likeness (QED) is 0.639. The number of rotatable bonds is 6. The van der Waals surface area contributed by atoms with Crippen LogP contribution in [0.3, 0.4) is 0 Å². The zero-order valence-corrected chi connectivity index (χ0v) is 12.0. The molecule has 6 nitrogen and oxygen atoms in total. The highest BCUT2D eigenvalue weighted by atomic mass is 16.4. The van der Waals surface area contributed by atoms with E-state index in [-0.39, 0.29) is 6.03 Å². The van der Waals surface area contributed by atoms with Gasteiger partial charge in [-0.3, -0.25) is 0 Å². The smallest absolute Gasteiger partial charge is 0.329 e. The molecule has 1 heterocycles. The van der Waals surface area contributed by atoms with E-state index in [9.17, 15) is 14.7 Å². The second-order valence-electron chi connectivity index (χ2n) is 5.88. The van der Waals surface area contributed by atoms with Crippen LogP contribution in [0.25, 0.3) is 0 Å². The predicted molar refractivity (Wildman–Crippen MR) is 75.7 cm³/mol. The number of carboxylic acid groups (broad SMARTS) is 1. The molecule has 0 unspecified atom stereocenters. The van der Waals surface area contributed by atoms with Gasteiger partial charge in [-0.15, -0.1) is 0 Å². The first-order valence-corrected chi connectivity index (χ1v) is 7.64. The van der Waals surface area contributed by atoms with Gasteiger partial charge in [-0.25, -0.2) is 9.59 Å². The highest BCUT2D eigenvalue weighted by molar-refractivity contribution is 5.86. The molecule has 1 aliphatic heterocycles. The number of nitrogens with one attached hydrogen (secondary N) is 2. The minimum atomic E-state index is -1.04. The van der Waals surface area contributed by atoms with Gasteiger partial charge in [0.2, 0.25) is 0 Å². The molecule has 6 heteroatoms. The van der Waals surface area contributed by atoms with Gasteiger partial charge in [-0.1, -0.05) is 12.8 Å². The lowest BCUT2D eigenvalue weighted by Gasteiger charge is -2.25. The third-order valence-corrected chi connectivity index (χ3v) is 4.35. The Morgan fingerprint density at radius 3 is 2.35 bits per heavy atom. The lowest BCUT2D eigenvalue weighted by Crippen LogP contribution is -2.55. The van der Waals surface area contributed by atoms with Crippen molar-refractivity contribution < 1.29 is 14.7 Å². The Kier molecular flexibility index (Phi) is 5.23. The largest absolute Gasteiger partial charge is 0.480 e. The van der Waals surface area contributed by atoms with Crippen LogP contribution in [0.2, 0.25) is 0 Å². The number of nitrogens with zero attached hydrogens (tertiary/aromatic N) is 1. The summed E-state index contributed by atoms with van der Waals surface area (Å²) in [6.45, 7) is 3.92. The summed E-state index contributed by atoms with van der Waals surface area (Å²) in [6, 6.07) is -0.351. The van der Waals surface area contributed by atoms with Gasteiger partial charge in [0, 0.05) is 6.54 Å². The molecule has 0 radical (unpaired) electrons. The standard InChI is InChI=1S/C14H25N3O3/c18-12(19)14(6-1-2-7-14)16-13(20)15-8-5-11-17-9-3-4-10-17/h1-11H2,(H,18,19)(H2,15,16,20). The van der Waals surface area contributed by atoms with Crippen molar-refractivity contribution in [3.63, 3.8) is 0 Å². The lowest BCUT2D eigenvalue weighted by molar-refractivity contribution is -0.144. The second-order valence-corrected chi connectivity index (χ2v) is 5.88. The van der Waals surface area contributed by atoms with Crippen LogP contribution in [0.1, 0.15) is 44.9 Å². The fourth-order valence-electron chi connectivity index (χ4n) is 3.14. The van der Waals surface area contributed by atoms with Crippen LogP contribution in [0, 0.1) is 0 Å². The van der Waals surface area contributed by atoms with Crippen LogP contribution in [0.5, 0.6) is 0 Å².